The first-order valence-corrected chi connectivity index (χ1v) is 6.87. The van der Waals surface area contributed by atoms with Crippen LogP contribution < -0.4 is 4.90 Å². The van der Waals surface area contributed by atoms with E-state index in [0.29, 0.717) is 5.15 Å². The van der Waals surface area contributed by atoms with Crippen molar-refractivity contribution < 1.29 is 4.74 Å². The van der Waals surface area contributed by atoms with Gasteiger partial charge in [0.05, 0.1) is 6.10 Å². The molecule has 2 heterocycles. The van der Waals surface area contributed by atoms with E-state index >= 15 is 0 Å². The summed E-state index contributed by atoms with van der Waals surface area (Å²) in [5.74, 6) is 1.68. The second-order valence-electron chi connectivity index (χ2n) is 4.71. The van der Waals surface area contributed by atoms with E-state index in [-0.39, 0.29) is 6.10 Å². The molecule has 1 atom stereocenters. The number of nitrogens with zero attached hydrogens (tertiary/aromatic N) is 3. The van der Waals surface area contributed by atoms with Crippen LogP contribution >= 0.6 is 11.6 Å². The van der Waals surface area contributed by atoms with Gasteiger partial charge in [-0.3, -0.25) is 0 Å². The second kappa shape index (κ2) is 5.85. The van der Waals surface area contributed by atoms with E-state index in [2.05, 4.69) is 21.8 Å². The maximum Gasteiger partial charge on any atom is 0.137 e. The minimum absolute atomic E-state index is 0.279. The third-order valence-electron chi connectivity index (χ3n) is 3.28. The molecule has 4 nitrogen and oxygen atoms in total. The van der Waals surface area contributed by atoms with Gasteiger partial charge in [0.2, 0.25) is 0 Å². The van der Waals surface area contributed by atoms with Gasteiger partial charge in [-0.2, -0.15) is 0 Å². The van der Waals surface area contributed by atoms with Gasteiger partial charge in [0.25, 0.3) is 0 Å². The Balaban J connectivity index is 2.29. The molecule has 5 heteroatoms. The molecule has 1 fully saturated rings. The molecule has 100 valence electrons. The number of halogens is 1. The predicted octanol–water partition coefficient (Wildman–Crippen LogP) is 2.75. The van der Waals surface area contributed by atoms with Crippen LogP contribution in [-0.2, 0) is 4.74 Å². The van der Waals surface area contributed by atoms with Crippen LogP contribution in [0.2, 0.25) is 5.15 Å². The van der Waals surface area contributed by atoms with E-state index in [1.807, 2.05) is 13.8 Å². The summed E-state index contributed by atoms with van der Waals surface area (Å²) >= 11 is 6.14. The molecule has 0 aliphatic carbocycles. The SMILES string of the molecule is CCC1CN(c2nc(C)nc(Cl)c2C)CCCO1. The smallest absolute Gasteiger partial charge is 0.137 e. The fourth-order valence-corrected chi connectivity index (χ4v) is 2.43. The number of hydrogen-bond donors (Lipinski definition) is 0. The molecule has 0 spiro atoms. The molecule has 1 aromatic heterocycles. The average molecular weight is 270 g/mol. The summed E-state index contributed by atoms with van der Waals surface area (Å²) in [6, 6.07) is 0. The summed E-state index contributed by atoms with van der Waals surface area (Å²) < 4.78 is 5.79. The Kier molecular flexibility index (Phi) is 4.40. The number of anilines is 1. The highest BCUT2D eigenvalue weighted by Gasteiger charge is 2.21. The van der Waals surface area contributed by atoms with Crippen LogP contribution in [0.1, 0.15) is 31.2 Å². The molecule has 0 bridgehead atoms. The Labute approximate surface area is 113 Å². The lowest BCUT2D eigenvalue weighted by atomic mass is 10.2. The van der Waals surface area contributed by atoms with Gasteiger partial charge in [-0.1, -0.05) is 18.5 Å². The zero-order chi connectivity index (χ0) is 13.1. The first-order chi connectivity index (χ1) is 8.61. The molecule has 1 aliphatic rings. The Bertz CT molecular complexity index is 425. The molecule has 1 aromatic rings. The standard InChI is InChI=1S/C13H20ClN3O/c1-4-11-8-17(6-5-7-18-11)13-9(2)12(14)15-10(3)16-13/h11H,4-8H2,1-3H3. The minimum Gasteiger partial charge on any atom is -0.376 e. The largest absolute Gasteiger partial charge is 0.376 e. The zero-order valence-electron chi connectivity index (χ0n) is 11.2. The van der Waals surface area contributed by atoms with Crippen LogP contribution in [0.3, 0.4) is 0 Å². The maximum atomic E-state index is 6.14. The van der Waals surface area contributed by atoms with Crippen molar-refractivity contribution in [2.75, 3.05) is 24.6 Å². The van der Waals surface area contributed by atoms with Crippen molar-refractivity contribution >= 4 is 17.4 Å². The van der Waals surface area contributed by atoms with E-state index < -0.39 is 0 Å². The monoisotopic (exact) mass is 269 g/mol. The first-order valence-electron chi connectivity index (χ1n) is 6.49. The fourth-order valence-electron chi connectivity index (χ4n) is 2.22. The molecule has 18 heavy (non-hydrogen) atoms. The molecule has 0 aromatic carbocycles. The van der Waals surface area contributed by atoms with Crippen LogP contribution in [0, 0.1) is 13.8 Å². The van der Waals surface area contributed by atoms with Crippen molar-refractivity contribution in [1.82, 2.24) is 9.97 Å². The number of rotatable bonds is 2. The van der Waals surface area contributed by atoms with E-state index in [4.69, 9.17) is 16.3 Å². The average Bonchev–Trinajstić information content (AvgIpc) is 2.59. The van der Waals surface area contributed by atoms with Crippen LogP contribution in [0.4, 0.5) is 5.82 Å². The van der Waals surface area contributed by atoms with E-state index in [9.17, 15) is 0 Å². The lowest BCUT2D eigenvalue weighted by Crippen LogP contribution is -2.32. The van der Waals surface area contributed by atoms with Crippen LogP contribution in [-0.4, -0.2) is 35.8 Å². The predicted molar refractivity (Wildman–Crippen MR) is 73.4 cm³/mol. The number of aromatic nitrogens is 2. The van der Waals surface area contributed by atoms with Gasteiger partial charge in [0, 0.05) is 25.3 Å². The molecule has 0 N–H and O–H groups in total. The van der Waals surface area contributed by atoms with Gasteiger partial charge in [-0.25, -0.2) is 9.97 Å². The summed E-state index contributed by atoms with van der Waals surface area (Å²) in [6.07, 6.45) is 2.32. The summed E-state index contributed by atoms with van der Waals surface area (Å²) in [6.45, 7) is 8.67. The third-order valence-corrected chi connectivity index (χ3v) is 3.65. The Morgan fingerprint density at radius 2 is 2.17 bits per heavy atom. The minimum atomic E-state index is 0.279. The third kappa shape index (κ3) is 2.93. The summed E-state index contributed by atoms with van der Waals surface area (Å²) in [5.41, 5.74) is 0.957. The zero-order valence-corrected chi connectivity index (χ0v) is 12.0. The van der Waals surface area contributed by atoms with Crippen molar-refractivity contribution in [1.29, 1.82) is 0 Å². The Hall–Kier alpha value is -0.870. The molecule has 1 saturated heterocycles. The highest BCUT2D eigenvalue weighted by Crippen LogP contribution is 2.25. The summed E-state index contributed by atoms with van der Waals surface area (Å²) in [4.78, 5) is 11.0. The van der Waals surface area contributed by atoms with Crippen molar-refractivity contribution in [2.24, 2.45) is 0 Å². The normalized spacial score (nSPS) is 20.9. The summed E-state index contributed by atoms with van der Waals surface area (Å²) in [5, 5.41) is 0.552. The molecule has 1 unspecified atom stereocenters. The molecule has 0 amide bonds. The van der Waals surface area contributed by atoms with Gasteiger partial charge >= 0.3 is 0 Å². The number of ether oxygens (including phenoxy) is 1. The molecule has 0 radical (unpaired) electrons. The van der Waals surface area contributed by atoms with E-state index in [0.717, 1.165) is 49.7 Å². The van der Waals surface area contributed by atoms with Gasteiger partial charge in [-0.05, 0) is 26.7 Å². The molecular weight excluding hydrogens is 250 g/mol. The molecule has 0 saturated carbocycles. The lowest BCUT2D eigenvalue weighted by Gasteiger charge is -2.26. The molecular formula is C13H20ClN3O. The van der Waals surface area contributed by atoms with Gasteiger partial charge in [0.1, 0.15) is 16.8 Å². The second-order valence-corrected chi connectivity index (χ2v) is 5.07. The quantitative estimate of drug-likeness (QED) is 0.774. The van der Waals surface area contributed by atoms with Gasteiger partial charge in [-0.15, -0.1) is 0 Å². The number of hydrogen-bond acceptors (Lipinski definition) is 4. The highest BCUT2D eigenvalue weighted by molar-refractivity contribution is 6.30. The summed E-state index contributed by atoms with van der Waals surface area (Å²) in [7, 11) is 0. The van der Waals surface area contributed by atoms with E-state index in [1.165, 1.54) is 0 Å². The molecule has 2 rings (SSSR count). The first kappa shape index (κ1) is 13.6. The van der Waals surface area contributed by atoms with Crippen molar-refractivity contribution in [3.05, 3.63) is 16.5 Å². The Morgan fingerprint density at radius 1 is 1.39 bits per heavy atom. The van der Waals surface area contributed by atoms with Crippen LogP contribution in [0.25, 0.3) is 0 Å². The van der Waals surface area contributed by atoms with Crippen molar-refractivity contribution in [2.45, 2.75) is 39.7 Å². The number of aryl methyl sites for hydroxylation is 1. The molecule has 1 aliphatic heterocycles. The van der Waals surface area contributed by atoms with Gasteiger partial charge in [0.15, 0.2) is 0 Å². The van der Waals surface area contributed by atoms with Crippen molar-refractivity contribution in [3.63, 3.8) is 0 Å². The van der Waals surface area contributed by atoms with Crippen LogP contribution in [0.15, 0.2) is 0 Å². The van der Waals surface area contributed by atoms with Crippen LogP contribution in [0.5, 0.6) is 0 Å². The maximum absolute atomic E-state index is 6.14. The Morgan fingerprint density at radius 3 is 2.89 bits per heavy atom. The fraction of sp³-hybridized carbons (Fsp3) is 0.692. The topological polar surface area (TPSA) is 38.2 Å². The van der Waals surface area contributed by atoms with Gasteiger partial charge < -0.3 is 9.64 Å². The highest BCUT2D eigenvalue weighted by atomic mass is 35.5. The van der Waals surface area contributed by atoms with E-state index in [1.54, 1.807) is 0 Å². The van der Waals surface area contributed by atoms with Crippen molar-refractivity contribution in [3.8, 4) is 0 Å². The lowest BCUT2D eigenvalue weighted by molar-refractivity contribution is 0.0664.